The van der Waals surface area contributed by atoms with Gasteiger partial charge in [-0.2, -0.15) is 0 Å². The molecule has 0 unspecified atom stereocenters. The lowest BCUT2D eigenvalue weighted by molar-refractivity contribution is 0.0658. The molecule has 2 saturated heterocycles. The Morgan fingerprint density at radius 2 is 2.00 bits per heavy atom. The van der Waals surface area contributed by atoms with E-state index in [1.807, 2.05) is 28.0 Å². The van der Waals surface area contributed by atoms with Gasteiger partial charge in [-0.3, -0.25) is 14.8 Å². The number of pyridine rings is 1. The first-order valence-corrected chi connectivity index (χ1v) is 9.73. The van der Waals surface area contributed by atoms with Gasteiger partial charge in [-0.15, -0.1) is 0 Å². The number of anilines is 1. The Morgan fingerprint density at radius 1 is 1.18 bits per heavy atom. The van der Waals surface area contributed by atoms with Crippen molar-refractivity contribution >= 4 is 11.7 Å². The second-order valence-electron chi connectivity index (χ2n) is 7.62. The number of likely N-dealkylation sites (N-methyl/N-ethyl adjacent to an activating group) is 1. The fraction of sp³-hybridized carbons (Fsp3) is 0.500. The Hall–Kier alpha value is -2.58. The van der Waals surface area contributed by atoms with Crippen LogP contribution in [0.4, 0.5) is 5.82 Å². The minimum atomic E-state index is -0.458. The Bertz CT molecular complexity index is 809. The summed E-state index contributed by atoms with van der Waals surface area (Å²) in [4.78, 5) is 32.0. The van der Waals surface area contributed by atoms with Gasteiger partial charge in [0.1, 0.15) is 11.5 Å². The summed E-state index contributed by atoms with van der Waals surface area (Å²) in [6.07, 6.45) is 5.22. The second-order valence-corrected chi connectivity index (χ2v) is 7.62. The van der Waals surface area contributed by atoms with E-state index in [1.165, 1.54) is 6.20 Å². The van der Waals surface area contributed by atoms with E-state index in [0.29, 0.717) is 44.1 Å². The number of rotatable bonds is 4. The topological polar surface area (TPSA) is 85.7 Å². The highest BCUT2D eigenvalue weighted by molar-refractivity contribution is 5.92. The first-order chi connectivity index (χ1) is 13.6. The van der Waals surface area contributed by atoms with E-state index in [-0.39, 0.29) is 11.8 Å². The molecule has 2 aliphatic rings. The zero-order chi connectivity index (χ0) is 19.5. The van der Waals surface area contributed by atoms with Gasteiger partial charge in [-0.05, 0) is 25.6 Å². The molecular formula is C20H26N6O2. The van der Waals surface area contributed by atoms with Crippen molar-refractivity contribution in [3.8, 4) is 0 Å². The third-order valence-corrected chi connectivity index (χ3v) is 5.56. The van der Waals surface area contributed by atoms with Crippen LogP contribution >= 0.6 is 0 Å². The number of hydrogen-bond acceptors (Lipinski definition) is 7. The summed E-state index contributed by atoms with van der Waals surface area (Å²) < 4.78 is 0. The smallest absolute Gasteiger partial charge is 0.274 e. The minimum absolute atomic E-state index is 0.0766. The number of amides is 1. The van der Waals surface area contributed by atoms with E-state index >= 15 is 0 Å². The maximum Gasteiger partial charge on any atom is 0.274 e. The van der Waals surface area contributed by atoms with Gasteiger partial charge in [0, 0.05) is 57.1 Å². The summed E-state index contributed by atoms with van der Waals surface area (Å²) in [5.41, 5.74) is 1.34. The number of hydrogen-bond donors (Lipinski definition) is 1. The van der Waals surface area contributed by atoms with Crippen LogP contribution in [0, 0.1) is 5.92 Å². The molecule has 1 N–H and O–H groups in total. The highest BCUT2D eigenvalue weighted by atomic mass is 16.3. The van der Waals surface area contributed by atoms with Gasteiger partial charge in [0.15, 0.2) is 0 Å². The van der Waals surface area contributed by atoms with E-state index in [4.69, 9.17) is 0 Å². The van der Waals surface area contributed by atoms with Crippen molar-refractivity contribution in [1.82, 2.24) is 24.8 Å². The van der Waals surface area contributed by atoms with Crippen LogP contribution in [0.3, 0.4) is 0 Å². The Labute approximate surface area is 164 Å². The van der Waals surface area contributed by atoms with E-state index in [1.54, 1.807) is 12.4 Å². The Balaban J connectivity index is 1.43. The molecule has 2 aromatic rings. The summed E-state index contributed by atoms with van der Waals surface area (Å²) in [6, 6.07) is 5.82. The summed E-state index contributed by atoms with van der Waals surface area (Å²) in [5.74, 6) is 0.642. The fourth-order valence-electron chi connectivity index (χ4n) is 3.81. The molecule has 2 aliphatic heterocycles. The first-order valence-electron chi connectivity index (χ1n) is 9.73. The van der Waals surface area contributed by atoms with Gasteiger partial charge in [-0.1, -0.05) is 6.07 Å². The molecule has 28 heavy (non-hydrogen) atoms. The van der Waals surface area contributed by atoms with Gasteiger partial charge in [-0.25, -0.2) is 4.98 Å². The molecule has 0 radical (unpaired) electrons. The standard InChI is InChI=1S/C20H26N6O2/c1-24-6-8-25(9-7-24)20(28)17-11-21-12-19(23-17)26-13-15(18(27)14-26)10-16-4-2-3-5-22-16/h2-5,11-12,15,18,27H,6-10,13-14H2,1H3/t15-,18-/m1/s1. The second kappa shape index (κ2) is 8.20. The molecule has 2 atom stereocenters. The maximum absolute atomic E-state index is 12.8. The summed E-state index contributed by atoms with van der Waals surface area (Å²) >= 11 is 0. The van der Waals surface area contributed by atoms with Crippen molar-refractivity contribution < 1.29 is 9.90 Å². The van der Waals surface area contributed by atoms with Gasteiger partial charge in [0.2, 0.25) is 0 Å². The first kappa shape index (κ1) is 18.8. The van der Waals surface area contributed by atoms with Crippen LogP contribution in [-0.4, -0.2) is 88.2 Å². The number of aliphatic hydroxyl groups is 1. The highest BCUT2D eigenvalue weighted by Crippen LogP contribution is 2.25. The molecule has 0 saturated carbocycles. The van der Waals surface area contributed by atoms with Crippen LogP contribution in [-0.2, 0) is 6.42 Å². The van der Waals surface area contributed by atoms with Crippen LogP contribution < -0.4 is 4.90 Å². The number of nitrogens with zero attached hydrogens (tertiary/aromatic N) is 6. The van der Waals surface area contributed by atoms with Crippen molar-refractivity contribution in [2.75, 3.05) is 51.2 Å². The van der Waals surface area contributed by atoms with Crippen LogP contribution in [0.25, 0.3) is 0 Å². The van der Waals surface area contributed by atoms with Crippen LogP contribution in [0.2, 0.25) is 0 Å². The van der Waals surface area contributed by atoms with Gasteiger partial charge in [0.05, 0.1) is 18.5 Å². The van der Waals surface area contributed by atoms with Crippen molar-refractivity contribution in [1.29, 1.82) is 0 Å². The van der Waals surface area contributed by atoms with Gasteiger partial charge < -0.3 is 19.8 Å². The number of carbonyl (C=O) groups excluding carboxylic acids is 1. The predicted octanol–water partition coefficient (Wildman–Crippen LogP) is 0.299. The lowest BCUT2D eigenvalue weighted by Crippen LogP contribution is -2.47. The maximum atomic E-state index is 12.8. The fourth-order valence-corrected chi connectivity index (χ4v) is 3.81. The van der Waals surface area contributed by atoms with Gasteiger partial charge in [0.25, 0.3) is 5.91 Å². The SMILES string of the molecule is CN1CCN(C(=O)c2cncc(N3C[C@@H](Cc4ccccn4)[C@H](O)C3)n2)CC1. The van der Waals surface area contributed by atoms with Crippen LogP contribution in [0.15, 0.2) is 36.8 Å². The van der Waals surface area contributed by atoms with Gasteiger partial charge >= 0.3 is 0 Å². The molecule has 0 spiro atoms. The molecule has 2 fully saturated rings. The molecule has 0 bridgehead atoms. The number of carbonyl (C=O) groups is 1. The van der Waals surface area contributed by atoms with E-state index in [0.717, 1.165) is 18.8 Å². The molecule has 1 amide bonds. The highest BCUT2D eigenvalue weighted by Gasteiger charge is 2.33. The zero-order valence-electron chi connectivity index (χ0n) is 16.1. The molecule has 0 aromatic carbocycles. The molecule has 8 heteroatoms. The van der Waals surface area contributed by atoms with Crippen molar-refractivity contribution in [2.24, 2.45) is 5.92 Å². The third kappa shape index (κ3) is 4.13. The Morgan fingerprint density at radius 3 is 2.75 bits per heavy atom. The largest absolute Gasteiger partial charge is 0.391 e. The number of β-amino-alcohol motifs (C(OH)–C–C–N with tert-alkyl or cyclic N) is 1. The predicted molar refractivity (Wildman–Crippen MR) is 105 cm³/mol. The monoisotopic (exact) mass is 382 g/mol. The molecular weight excluding hydrogens is 356 g/mol. The summed E-state index contributed by atoms with van der Waals surface area (Å²) in [5, 5.41) is 10.5. The average molecular weight is 382 g/mol. The molecule has 148 valence electrons. The lowest BCUT2D eigenvalue weighted by Gasteiger charge is -2.32. The number of piperazine rings is 1. The third-order valence-electron chi connectivity index (χ3n) is 5.56. The Kier molecular flexibility index (Phi) is 5.50. The van der Waals surface area contributed by atoms with E-state index in [2.05, 4.69) is 26.9 Å². The quantitative estimate of drug-likeness (QED) is 0.814. The minimum Gasteiger partial charge on any atom is -0.391 e. The van der Waals surface area contributed by atoms with Crippen molar-refractivity contribution in [3.63, 3.8) is 0 Å². The van der Waals surface area contributed by atoms with Crippen LogP contribution in [0.5, 0.6) is 0 Å². The van der Waals surface area contributed by atoms with Crippen molar-refractivity contribution in [3.05, 3.63) is 48.2 Å². The molecule has 0 aliphatic carbocycles. The lowest BCUT2D eigenvalue weighted by atomic mass is 10.00. The number of aliphatic hydroxyl groups excluding tert-OH is 1. The molecule has 4 rings (SSSR count). The average Bonchev–Trinajstić information content (AvgIpc) is 3.09. The van der Waals surface area contributed by atoms with Crippen LogP contribution in [0.1, 0.15) is 16.2 Å². The van der Waals surface area contributed by atoms with Crippen molar-refractivity contribution in [2.45, 2.75) is 12.5 Å². The zero-order valence-corrected chi connectivity index (χ0v) is 16.1. The normalized spacial score (nSPS) is 23.2. The molecule has 2 aromatic heterocycles. The molecule has 4 heterocycles. The molecule has 8 nitrogen and oxygen atoms in total. The summed E-state index contributed by atoms with van der Waals surface area (Å²) in [6.45, 7) is 4.29. The number of aromatic nitrogens is 3. The van der Waals surface area contributed by atoms with E-state index < -0.39 is 6.10 Å². The summed E-state index contributed by atoms with van der Waals surface area (Å²) in [7, 11) is 2.06. The van der Waals surface area contributed by atoms with E-state index in [9.17, 15) is 9.90 Å².